The largest absolute Gasteiger partial charge is 0.459 e. The number of allylic oxidation sites excluding steroid dienone is 1. The highest BCUT2D eigenvalue weighted by Gasteiger charge is 2.39. The number of carbonyl (C=O) groups is 1. The molecule has 2 N–H and O–H groups in total. The van der Waals surface area contributed by atoms with Crippen molar-refractivity contribution in [2.24, 2.45) is 0 Å². The van der Waals surface area contributed by atoms with Gasteiger partial charge in [-0.05, 0) is 52.0 Å². The van der Waals surface area contributed by atoms with E-state index in [9.17, 15) is 4.79 Å². The van der Waals surface area contributed by atoms with Crippen LogP contribution in [-0.2, 0) is 4.74 Å². The molecule has 0 aliphatic carbocycles. The van der Waals surface area contributed by atoms with Crippen molar-refractivity contribution in [3.63, 3.8) is 0 Å². The summed E-state index contributed by atoms with van der Waals surface area (Å²) in [7, 11) is 0. The molecule has 1 aliphatic heterocycles. The number of hydrogen-bond acceptors (Lipinski definition) is 6. The first-order valence-electron chi connectivity index (χ1n) is 8.51. The summed E-state index contributed by atoms with van der Waals surface area (Å²) >= 11 is 0. The maximum Gasteiger partial charge on any atom is 0.338 e. The fraction of sp³-hybridized carbons (Fsp3) is 0.450. The summed E-state index contributed by atoms with van der Waals surface area (Å²) in [6.45, 7) is 8.44. The second-order valence-electron chi connectivity index (χ2n) is 7.83. The summed E-state index contributed by atoms with van der Waals surface area (Å²) < 4.78 is 5.72. The molecule has 1 saturated heterocycles. The molecule has 0 radical (unpaired) electrons. The molecule has 0 saturated carbocycles. The van der Waals surface area contributed by atoms with Gasteiger partial charge in [-0.25, -0.2) is 4.79 Å². The Morgan fingerprint density at radius 3 is 2.19 bits per heavy atom. The molecule has 0 aromatic heterocycles. The van der Waals surface area contributed by atoms with Crippen LogP contribution in [0.1, 0.15) is 50.9 Å². The lowest BCUT2D eigenvalue weighted by atomic mass is 9.81. The van der Waals surface area contributed by atoms with Crippen molar-refractivity contribution in [1.29, 1.82) is 10.5 Å². The number of nitrogens with one attached hydrogen (secondary N) is 2. The molecule has 26 heavy (non-hydrogen) atoms. The van der Waals surface area contributed by atoms with Gasteiger partial charge in [-0.1, -0.05) is 0 Å². The normalized spacial score (nSPS) is 18.1. The average molecular weight is 352 g/mol. The molecular weight excluding hydrogens is 328 g/mol. The maximum atomic E-state index is 12.4. The lowest BCUT2D eigenvalue weighted by Gasteiger charge is -2.45. The van der Waals surface area contributed by atoms with Gasteiger partial charge in [0, 0.05) is 35.8 Å². The van der Waals surface area contributed by atoms with Crippen molar-refractivity contribution in [3.8, 4) is 12.1 Å². The van der Waals surface area contributed by atoms with Crippen molar-refractivity contribution >= 4 is 11.7 Å². The van der Waals surface area contributed by atoms with Gasteiger partial charge in [0.15, 0.2) is 0 Å². The Labute approximate surface area is 154 Å². The van der Waals surface area contributed by atoms with Crippen LogP contribution in [0, 0.1) is 22.7 Å². The summed E-state index contributed by atoms with van der Waals surface area (Å²) in [5.74, 6) is -0.347. The smallest absolute Gasteiger partial charge is 0.338 e. The van der Waals surface area contributed by atoms with Crippen LogP contribution < -0.4 is 10.6 Å². The number of rotatable bonds is 4. The van der Waals surface area contributed by atoms with Gasteiger partial charge in [-0.15, -0.1) is 0 Å². The van der Waals surface area contributed by atoms with Gasteiger partial charge in [0.05, 0.1) is 5.56 Å². The SMILES string of the molecule is CC1(C)CC(OC(=O)c2ccc(NC=C(C#N)C#N)cc2)CC(C)(C)N1. The minimum absolute atomic E-state index is 0.0235. The number of esters is 1. The van der Waals surface area contributed by atoms with Crippen LogP contribution in [-0.4, -0.2) is 23.2 Å². The molecule has 0 atom stereocenters. The van der Waals surface area contributed by atoms with Crippen molar-refractivity contribution in [1.82, 2.24) is 5.32 Å². The molecule has 0 bridgehead atoms. The molecule has 1 fully saturated rings. The first kappa shape index (κ1) is 19.5. The first-order valence-corrected chi connectivity index (χ1v) is 8.51. The van der Waals surface area contributed by atoms with Gasteiger partial charge in [-0.2, -0.15) is 10.5 Å². The predicted molar refractivity (Wildman–Crippen MR) is 99.1 cm³/mol. The molecule has 1 aromatic rings. The van der Waals surface area contributed by atoms with E-state index in [4.69, 9.17) is 15.3 Å². The third-order valence-electron chi connectivity index (χ3n) is 4.17. The standard InChI is InChI=1S/C20H24N4O2/c1-19(2)9-17(10-20(3,4)24-19)26-18(25)15-5-7-16(8-6-15)23-13-14(11-21)12-22/h5-8,13,17,23-24H,9-10H2,1-4H3. The van der Waals surface area contributed by atoms with Gasteiger partial charge < -0.3 is 15.4 Å². The molecular formula is C20H24N4O2. The van der Waals surface area contributed by atoms with E-state index in [2.05, 4.69) is 38.3 Å². The minimum Gasteiger partial charge on any atom is -0.459 e. The van der Waals surface area contributed by atoms with E-state index in [0.717, 1.165) is 12.8 Å². The molecule has 6 nitrogen and oxygen atoms in total. The Bertz CT molecular complexity index is 748. The topological polar surface area (TPSA) is 97.9 Å². The van der Waals surface area contributed by atoms with Crippen LogP contribution in [0.5, 0.6) is 0 Å². The minimum atomic E-state index is -0.347. The van der Waals surface area contributed by atoms with E-state index >= 15 is 0 Å². The van der Waals surface area contributed by atoms with Crippen LogP contribution in [0.4, 0.5) is 5.69 Å². The molecule has 136 valence electrons. The molecule has 1 aromatic carbocycles. The summed E-state index contributed by atoms with van der Waals surface area (Å²) in [5, 5.41) is 23.8. The van der Waals surface area contributed by atoms with Gasteiger partial charge in [0.2, 0.25) is 0 Å². The number of carbonyl (C=O) groups excluding carboxylic acids is 1. The molecule has 0 spiro atoms. The molecule has 1 aliphatic rings. The lowest BCUT2D eigenvalue weighted by molar-refractivity contribution is -0.00637. The second-order valence-corrected chi connectivity index (χ2v) is 7.83. The zero-order valence-electron chi connectivity index (χ0n) is 15.6. The second kappa shape index (κ2) is 7.59. The quantitative estimate of drug-likeness (QED) is 0.636. The van der Waals surface area contributed by atoms with Crippen molar-refractivity contribution in [2.45, 2.75) is 57.7 Å². The zero-order chi connectivity index (χ0) is 19.4. The summed E-state index contributed by atoms with van der Waals surface area (Å²) in [6, 6.07) is 10.3. The number of ether oxygens (including phenoxy) is 1. The van der Waals surface area contributed by atoms with E-state index in [1.807, 2.05) is 0 Å². The van der Waals surface area contributed by atoms with E-state index in [1.165, 1.54) is 6.20 Å². The van der Waals surface area contributed by atoms with Gasteiger partial charge in [-0.3, -0.25) is 0 Å². The van der Waals surface area contributed by atoms with Crippen LogP contribution in [0.3, 0.4) is 0 Å². The fourth-order valence-corrected chi connectivity index (χ4v) is 3.48. The number of hydrogen-bond donors (Lipinski definition) is 2. The van der Waals surface area contributed by atoms with Crippen LogP contribution in [0.25, 0.3) is 0 Å². The lowest BCUT2D eigenvalue weighted by Crippen LogP contribution is -2.59. The van der Waals surface area contributed by atoms with Crippen molar-refractivity contribution in [3.05, 3.63) is 41.6 Å². The van der Waals surface area contributed by atoms with E-state index in [1.54, 1.807) is 36.4 Å². The van der Waals surface area contributed by atoms with Crippen LogP contribution in [0.15, 0.2) is 36.0 Å². The van der Waals surface area contributed by atoms with Gasteiger partial charge >= 0.3 is 5.97 Å². The monoisotopic (exact) mass is 352 g/mol. The Hall–Kier alpha value is -2.83. The number of nitriles is 2. The third-order valence-corrected chi connectivity index (χ3v) is 4.17. The number of piperidine rings is 1. The van der Waals surface area contributed by atoms with Crippen LogP contribution in [0.2, 0.25) is 0 Å². The highest BCUT2D eigenvalue weighted by molar-refractivity contribution is 5.90. The molecule has 2 rings (SSSR count). The maximum absolute atomic E-state index is 12.4. The molecule has 6 heteroatoms. The zero-order valence-corrected chi connectivity index (χ0v) is 15.6. The summed E-state index contributed by atoms with van der Waals surface area (Å²) in [4.78, 5) is 12.4. The highest BCUT2D eigenvalue weighted by atomic mass is 16.5. The van der Waals surface area contributed by atoms with E-state index in [0.29, 0.717) is 11.3 Å². The first-order chi connectivity index (χ1) is 12.1. The fourth-order valence-electron chi connectivity index (χ4n) is 3.48. The molecule has 0 unspecified atom stereocenters. The van der Waals surface area contributed by atoms with E-state index < -0.39 is 0 Å². The Morgan fingerprint density at radius 2 is 1.69 bits per heavy atom. The van der Waals surface area contributed by atoms with Gasteiger partial charge in [0.25, 0.3) is 0 Å². The Morgan fingerprint density at radius 1 is 1.15 bits per heavy atom. The highest BCUT2D eigenvalue weighted by Crippen LogP contribution is 2.30. The number of benzene rings is 1. The van der Waals surface area contributed by atoms with Crippen molar-refractivity contribution < 1.29 is 9.53 Å². The van der Waals surface area contributed by atoms with Crippen LogP contribution >= 0.6 is 0 Å². The average Bonchev–Trinajstić information content (AvgIpc) is 2.53. The summed E-state index contributed by atoms with van der Waals surface area (Å²) in [6.07, 6.45) is 2.71. The predicted octanol–water partition coefficient (Wildman–Crippen LogP) is 3.50. The molecule has 1 heterocycles. The number of anilines is 1. The third kappa shape index (κ3) is 5.34. The van der Waals surface area contributed by atoms with Crippen molar-refractivity contribution in [2.75, 3.05) is 5.32 Å². The van der Waals surface area contributed by atoms with Gasteiger partial charge in [0.1, 0.15) is 23.8 Å². The Balaban J connectivity index is 2.01. The molecule has 0 amide bonds. The Kier molecular flexibility index (Phi) is 5.69. The summed E-state index contributed by atoms with van der Waals surface area (Å²) in [5.41, 5.74) is 0.936. The number of nitrogens with zero attached hydrogens (tertiary/aromatic N) is 2. The van der Waals surface area contributed by atoms with E-state index in [-0.39, 0.29) is 28.7 Å².